The lowest BCUT2D eigenvalue weighted by Crippen LogP contribution is -2.32. The number of rotatable bonds is 6. The van der Waals surface area contributed by atoms with Crippen LogP contribution in [0.3, 0.4) is 0 Å². The molecule has 0 fully saturated rings. The summed E-state index contributed by atoms with van der Waals surface area (Å²) >= 11 is 0. The molecule has 0 amide bonds. The van der Waals surface area contributed by atoms with E-state index in [0.29, 0.717) is 6.54 Å². The molecule has 2 aromatic rings. The Kier molecular flexibility index (Phi) is 4.57. The Morgan fingerprint density at radius 3 is 2.55 bits per heavy atom. The molecule has 2 rings (SSSR count). The van der Waals surface area contributed by atoms with Crippen LogP contribution in [-0.4, -0.2) is 36.2 Å². The smallest absolute Gasteiger partial charge is 0.148 e. The van der Waals surface area contributed by atoms with E-state index in [1.54, 1.807) is 10.9 Å². The van der Waals surface area contributed by atoms with E-state index < -0.39 is 9.84 Å². The summed E-state index contributed by atoms with van der Waals surface area (Å²) in [6.07, 6.45) is 4.88. The minimum Gasteiger partial charge on any atom is -0.309 e. The third-order valence-electron chi connectivity index (χ3n) is 2.91. The van der Waals surface area contributed by atoms with Crippen molar-refractivity contribution >= 4 is 9.84 Å². The van der Waals surface area contributed by atoms with Crippen molar-refractivity contribution in [3.05, 3.63) is 48.3 Å². The van der Waals surface area contributed by atoms with Crippen LogP contribution in [0.25, 0.3) is 5.69 Å². The molecule has 1 atom stereocenters. The molecule has 0 aliphatic rings. The lowest BCUT2D eigenvalue weighted by atomic mass is 10.2. The van der Waals surface area contributed by atoms with Crippen molar-refractivity contribution in [2.75, 3.05) is 12.0 Å². The van der Waals surface area contributed by atoms with E-state index in [2.05, 4.69) is 10.4 Å². The molecule has 108 valence electrons. The second-order valence-corrected chi connectivity index (χ2v) is 7.18. The summed E-state index contributed by atoms with van der Waals surface area (Å²) in [5, 5.41) is 7.37. The maximum atomic E-state index is 11.2. The molecule has 0 aliphatic heterocycles. The molecule has 0 bridgehead atoms. The largest absolute Gasteiger partial charge is 0.309 e. The fraction of sp³-hybridized carbons (Fsp3) is 0.357. The molecule has 5 nitrogen and oxygen atoms in total. The number of sulfone groups is 1. The summed E-state index contributed by atoms with van der Waals surface area (Å²) in [6, 6.07) is 9.82. The minimum atomic E-state index is -2.94. The highest BCUT2D eigenvalue weighted by Crippen LogP contribution is 2.08. The molecule has 1 aromatic heterocycles. The first-order valence-electron chi connectivity index (χ1n) is 6.44. The molecule has 1 unspecified atom stereocenters. The Hall–Kier alpha value is -1.66. The summed E-state index contributed by atoms with van der Waals surface area (Å²) in [5.41, 5.74) is 2.11. The zero-order valence-electron chi connectivity index (χ0n) is 11.7. The van der Waals surface area contributed by atoms with Crippen LogP contribution >= 0.6 is 0 Å². The van der Waals surface area contributed by atoms with Gasteiger partial charge in [0.25, 0.3) is 0 Å². The van der Waals surface area contributed by atoms with Gasteiger partial charge in [-0.15, -0.1) is 0 Å². The predicted molar refractivity (Wildman–Crippen MR) is 79.6 cm³/mol. The zero-order chi connectivity index (χ0) is 14.6. The Balaban J connectivity index is 1.91. The second-order valence-electron chi connectivity index (χ2n) is 4.99. The van der Waals surface area contributed by atoms with Gasteiger partial charge in [0.05, 0.1) is 11.4 Å². The van der Waals surface area contributed by atoms with Gasteiger partial charge in [-0.1, -0.05) is 12.1 Å². The summed E-state index contributed by atoms with van der Waals surface area (Å²) in [6.45, 7) is 2.52. The van der Waals surface area contributed by atoms with Crippen LogP contribution in [0.4, 0.5) is 0 Å². The van der Waals surface area contributed by atoms with Crippen molar-refractivity contribution in [3.8, 4) is 5.69 Å². The van der Waals surface area contributed by atoms with E-state index in [1.807, 2.05) is 43.5 Å². The van der Waals surface area contributed by atoms with E-state index in [1.165, 1.54) is 6.26 Å². The fourth-order valence-electron chi connectivity index (χ4n) is 1.99. The summed E-state index contributed by atoms with van der Waals surface area (Å²) in [7, 11) is -2.94. The molecule has 0 saturated heterocycles. The van der Waals surface area contributed by atoms with Crippen LogP contribution in [0.5, 0.6) is 0 Å². The topological polar surface area (TPSA) is 64.0 Å². The molecular formula is C14H19N3O2S. The van der Waals surface area contributed by atoms with Gasteiger partial charge in [0.15, 0.2) is 0 Å². The lowest BCUT2D eigenvalue weighted by Gasteiger charge is -2.13. The molecule has 0 radical (unpaired) electrons. The molecule has 1 aromatic carbocycles. The monoisotopic (exact) mass is 293 g/mol. The van der Waals surface area contributed by atoms with E-state index in [4.69, 9.17) is 0 Å². The van der Waals surface area contributed by atoms with E-state index >= 15 is 0 Å². The van der Waals surface area contributed by atoms with Crippen molar-refractivity contribution in [2.24, 2.45) is 0 Å². The predicted octanol–water partition coefficient (Wildman–Crippen LogP) is 1.39. The summed E-state index contributed by atoms with van der Waals surface area (Å²) < 4.78 is 24.2. The van der Waals surface area contributed by atoms with Crippen molar-refractivity contribution in [1.82, 2.24) is 15.1 Å². The highest BCUT2D eigenvalue weighted by Gasteiger charge is 2.09. The maximum Gasteiger partial charge on any atom is 0.148 e. The van der Waals surface area contributed by atoms with Crippen molar-refractivity contribution in [1.29, 1.82) is 0 Å². The molecule has 0 spiro atoms. The first kappa shape index (κ1) is 14.7. The van der Waals surface area contributed by atoms with Gasteiger partial charge >= 0.3 is 0 Å². The van der Waals surface area contributed by atoms with Gasteiger partial charge in [0.1, 0.15) is 9.84 Å². The normalized spacial score (nSPS) is 13.3. The molecule has 0 saturated carbocycles. The Labute approximate surface area is 119 Å². The number of hydrogen-bond acceptors (Lipinski definition) is 4. The number of aromatic nitrogens is 2. The summed E-state index contributed by atoms with van der Waals surface area (Å²) in [5.74, 6) is 0.151. The van der Waals surface area contributed by atoms with Crippen molar-refractivity contribution in [2.45, 2.75) is 19.5 Å². The Morgan fingerprint density at radius 2 is 2.00 bits per heavy atom. The quantitative estimate of drug-likeness (QED) is 0.874. The van der Waals surface area contributed by atoms with Crippen LogP contribution in [0.15, 0.2) is 42.7 Å². The van der Waals surface area contributed by atoms with Crippen molar-refractivity contribution < 1.29 is 8.42 Å². The highest BCUT2D eigenvalue weighted by molar-refractivity contribution is 7.90. The fourth-order valence-corrected chi connectivity index (χ4v) is 3.02. The van der Waals surface area contributed by atoms with Gasteiger partial charge in [-0.3, -0.25) is 0 Å². The average molecular weight is 293 g/mol. The average Bonchev–Trinajstić information content (AvgIpc) is 2.89. The maximum absolute atomic E-state index is 11.2. The first-order valence-corrected chi connectivity index (χ1v) is 8.50. The van der Waals surface area contributed by atoms with Crippen molar-refractivity contribution in [3.63, 3.8) is 0 Å². The Bertz CT molecular complexity index is 634. The number of benzene rings is 1. The second kappa shape index (κ2) is 6.19. The zero-order valence-corrected chi connectivity index (χ0v) is 12.5. The third-order valence-corrected chi connectivity index (χ3v) is 4.02. The van der Waals surface area contributed by atoms with Crippen LogP contribution < -0.4 is 5.32 Å². The number of nitrogens with one attached hydrogen (secondary N) is 1. The third kappa shape index (κ3) is 4.47. The first-order chi connectivity index (χ1) is 9.44. The minimum absolute atomic E-state index is 0.0595. The van der Waals surface area contributed by atoms with E-state index in [9.17, 15) is 8.42 Å². The summed E-state index contributed by atoms with van der Waals surface area (Å²) in [4.78, 5) is 0. The van der Waals surface area contributed by atoms with Gasteiger partial charge in [-0.05, 0) is 30.7 Å². The SMILES string of the molecule is CC(CS(C)(=O)=O)NCc1ccc(-n2cccn2)cc1. The van der Waals surface area contributed by atoms with Gasteiger partial charge in [-0.2, -0.15) is 5.10 Å². The van der Waals surface area contributed by atoms with Crippen LogP contribution in [0.2, 0.25) is 0 Å². The molecule has 1 heterocycles. The molecule has 1 N–H and O–H groups in total. The van der Waals surface area contributed by atoms with Gasteiger partial charge in [0.2, 0.25) is 0 Å². The van der Waals surface area contributed by atoms with E-state index in [-0.39, 0.29) is 11.8 Å². The van der Waals surface area contributed by atoms with Crippen LogP contribution in [0, 0.1) is 0 Å². The molecular weight excluding hydrogens is 274 g/mol. The molecule has 20 heavy (non-hydrogen) atoms. The molecule has 6 heteroatoms. The number of hydrogen-bond donors (Lipinski definition) is 1. The van der Waals surface area contributed by atoms with Crippen LogP contribution in [0.1, 0.15) is 12.5 Å². The lowest BCUT2D eigenvalue weighted by molar-refractivity contribution is 0.560. The van der Waals surface area contributed by atoms with Gasteiger partial charge in [0, 0.05) is 31.2 Å². The van der Waals surface area contributed by atoms with Gasteiger partial charge in [-0.25, -0.2) is 13.1 Å². The standard InChI is InChI=1S/C14H19N3O2S/c1-12(11-20(2,18)19)15-10-13-4-6-14(7-5-13)17-9-3-8-16-17/h3-9,12,15H,10-11H2,1-2H3. The Morgan fingerprint density at radius 1 is 1.30 bits per heavy atom. The van der Waals surface area contributed by atoms with Gasteiger partial charge < -0.3 is 5.32 Å². The van der Waals surface area contributed by atoms with Crippen LogP contribution in [-0.2, 0) is 16.4 Å². The number of nitrogens with zero attached hydrogens (tertiary/aromatic N) is 2. The molecule has 0 aliphatic carbocycles. The highest BCUT2D eigenvalue weighted by atomic mass is 32.2. The van der Waals surface area contributed by atoms with E-state index in [0.717, 1.165) is 11.3 Å².